The summed E-state index contributed by atoms with van der Waals surface area (Å²) in [4.78, 5) is 45.8. The number of amides is 2. The molecular weight excluding hydrogens is 454 g/mol. The van der Waals surface area contributed by atoms with Gasteiger partial charge in [-0.3, -0.25) is 14.6 Å². The fraction of sp³-hybridized carbons (Fsp3) is 0.125. The highest BCUT2D eigenvalue weighted by molar-refractivity contribution is 7.99. The number of nitrogens with zero attached hydrogens (tertiary/aromatic N) is 3. The molecule has 2 aromatic heterocycles. The lowest BCUT2D eigenvalue weighted by Crippen LogP contribution is -2.22. The number of aromatic nitrogens is 3. The van der Waals surface area contributed by atoms with Gasteiger partial charge >= 0.3 is 5.97 Å². The smallest absolute Gasteiger partial charge is 0.340 e. The van der Waals surface area contributed by atoms with Crippen LogP contribution in [0.25, 0.3) is 10.9 Å². The molecule has 0 saturated heterocycles. The lowest BCUT2D eigenvalue weighted by molar-refractivity contribution is -0.119. The molecule has 4 aromatic rings. The highest BCUT2D eigenvalue weighted by atomic mass is 32.2. The van der Waals surface area contributed by atoms with Gasteiger partial charge in [0.15, 0.2) is 11.8 Å². The van der Waals surface area contributed by atoms with Crippen LogP contribution in [0.5, 0.6) is 0 Å². The fourth-order valence-electron chi connectivity index (χ4n) is 3.18. The number of carbonyl (C=O) groups excluding carboxylic acids is 3. The molecule has 34 heavy (non-hydrogen) atoms. The number of nitrogens with one attached hydrogen (secondary N) is 2. The number of anilines is 2. The summed E-state index contributed by atoms with van der Waals surface area (Å²) in [6, 6.07) is 15.5. The second-order valence-electron chi connectivity index (χ2n) is 7.20. The van der Waals surface area contributed by atoms with E-state index in [1.807, 2.05) is 23.7 Å². The van der Waals surface area contributed by atoms with Gasteiger partial charge in [-0.25, -0.2) is 9.78 Å². The standard InChI is InChI=1S/C24H21N5O4S/c1-29-13-12-26-24(29)34-15-22(31)28-20-8-3-2-6-17(20)23(32)33-14-21(30)27-19-10-4-9-18-16(19)7-5-11-25-18/h2-13H,14-15H2,1H3,(H,27,30)(H,28,31). The van der Waals surface area contributed by atoms with Crippen molar-refractivity contribution in [2.45, 2.75) is 5.16 Å². The SMILES string of the molecule is Cn1ccnc1SCC(=O)Nc1ccccc1C(=O)OCC(=O)Nc1cccc2ncccc12. The van der Waals surface area contributed by atoms with Gasteiger partial charge in [0, 0.05) is 31.0 Å². The maximum atomic E-state index is 12.6. The number of rotatable bonds is 8. The summed E-state index contributed by atoms with van der Waals surface area (Å²) in [5.41, 5.74) is 1.77. The van der Waals surface area contributed by atoms with E-state index in [4.69, 9.17) is 4.74 Å². The Labute approximate surface area is 199 Å². The van der Waals surface area contributed by atoms with Crippen molar-refractivity contribution in [2.24, 2.45) is 7.05 Å². The van der Waals surface area contributed by atoms with Crippen LogP contribution in [-0.2, 0) is 21.4 Å². The molecule has 10 heteroatoms. The van der Waals surface area contributed by atoms with Gasteiger partial charge in [-0.1, -0.05) is 30.0 Å². The maximum Gasteiger partial charge on any atom is 0.340 e. The Balaban J connectivity index is 1.34. The minimum Gasteiger partial charge on any atom is -0.452 e. The molecule has 0 spiro atoms. The number of pyridine rings is 1. The Hall–Kier alpha value is -4.18. The summed E-state index contributed by atoms with van der Waals surface area (Å²) in [5, 5.41) is 6.94. The first-order chi connectivity index (χ1) is 16.5. The number of carbonyl (C=O) groups is 3. The van der Waals surface area contributed by atoms with Crippen LogP contribution in [0.3, 0.4) is 0 Å². The summed E-state index contributed by atoms with van der Waals surface area (Å²) >= 11 is 1.28. The molecule has 0 saturated carbocycles. The summed E-state index contributed by atoms with van der Waals surface area (Å²) < 4.78 is 7.00. The highest BCUT2D eigenvalue weighted by Crippen LogP contribution is 2.22. The van der Waals surface area contributed by atoms with Crippen LogP contribution >= 0.6 is 11.8 Å². The van der Waals surface area contributed by atoms with Crippen LogP contribution in [0, 0.1) is 0 Å². The molecule has 0 atom stereocenters. The topological polar surface area (TPSA) is 115 Å². The molecule has 2 N–H and O–H groups in total. The van der Waals surface area contributed by atoms with E-state index in [1.165, 1.54) is 17.8 Å². The summed E-state index contributed by atoms with van der Waals surface area (Å²) in [6.07, 6.45) is 5.11. The molecule has 0 aliphatic rings. The van der Waals surface area contributed by atoms with E-state index >= 15 is 0 Å². The number of thioether (sulfide) groups is 1. The number of ether oxygens (including phenoxy) is 1. The lowest BCUT2D eigenvalue weighted by Gasteiger charge is -2.12. The lowest BCUT2D eigenvalue weighted by atomic mass is 10.2. The number of hydrogen-bond acceptors (Lipinski definition) is 7. The first kappa shape index (κ1) is 23.0. The first-order valence-corrected chi connectivity index (χ1v) is 11.3. The Morgan fingerprint density at radius 3 is 2.53 bits per heavy atom. The normalized spacial score (nSPS) is 10.6. The minimum atomic E-state index is -0.720. The maximum absolute atomic E-state index is 12.6. The quantitative estimate of drug-likeness (QED) is 0.296. The van der Waals surface area contributed by atoms with Gasteiger partial charge in [0.1, 0.15) is 0 Å². The summed E-state index contributed by atoms with van der Waals surface area (Å²) in [5.74, 6) is -1.38. The van der Waals surface area contributed by atoms with E-state index in [1.54, 1.807) is 55.0 Å². The van der Waals surface area contributed by atoms with E-state index in [9.17, 15) is 14.4 Å². The van der Waals surface area contributed by atoms with Crippen molar-refractivity contribution >= 4 is 51.8 Å². The molecule has 0 aliphatic carbocycles. The van der Waals surface area contributed by atoms with E-state index in [2.05, 4.69) is 20.6 Å². The number of hydrogen-bond donors (Lipinski definition) is 2. The zero-order valence-corrected chi connectivity index (χ0v) is 19.0. The van der Waals surface area contributed by atoms with Gasteiger partial charge in [0.2, 0.25) is 5.91 Å². The Morgan fingerprint density at radius 2 is 1.71 bits per heavy atom. The van der Waals surface area contributed by atoms with Crippen LogP contribution in [-0.4, -0.2) is 44.7 Å². The average Bonchev–Trinajstić information content (AvgIpc) is 3.26. The number of benzene rings is 2. The molecular formula is C24H21N5O4S. The first-order valence-electron chi connectivity index (χ1n) is 10.3. The summed E-state index contributed by atoms with van der Waals surface area (Å²) in [6.45, 7) is -0.479. The summed E-state index contributed by atoms with van der Waals surface area (Å²) in [7, 11) is 1.84. The molecule has 0 fully saturated rings. The zero-order valence-electron chi connectivity index (χ0n) is 18.2. The zero-order chi connectivity index (χ0) is 23.9. The van der Waals surface area contributed by atoms with Gasteiger partial charge in [0.05, 0.1) is 28.2 Å². The van der Waals surface area contributed by atoms with E-state index in [0.717, 1.165) is 10.9 Å². The molecule has 0 aliphatic heterocycles. The van der Waals surface area contributed by atoms with Crippen molar-refractivity contribution in [3.63, 3.8) is 0 Å². The number of aryl methyl sites for hydroxylation is 1. The number of para-hydroxylation sites is 1. The molecule has 9 nitrogen and oxygen atoms in total. The van der Waals surface area contributed by atoms with Crippen LogP contribution < -0.4 is 10.6 Å². The third-order valence-corrected chi connectivity index (χ3v) is 5.84. The second kappa shape index (κ2) is 10.6. The van der Waals surface area contributed by atoms with E-state index < -0.39 is 18.5 Å². The van der Waals surface area contributed by atoms with E-state index in [0.29, 0.717) is 16.5 Å². The predicted octanol–water partition coefficient (Wildman–Crippen LogP) is 3.49. The monoisotopic (exact) mass is 475 g/mol. The van der Waals surface area contributed by atoms with Gasteiger partial charge in [-0.05, 0) is 36.4 Å². The van der Waals surface area contributed by atoms with Gasteiger partial charge in [-0.15, -0.1) is 0 Å². The third-order valence-electron chi connectivity index (χ3n) is 4.78. The van der Waals surface area contributed by atoms with E-state index in [-0.39, 0.29) is 17.2 Å². The fourth-order valence-corrected chi connectivity index (χ4v) is 3.92. The Morgan fingerprint density at radius 1 is 0.912 bits per heavy atom. The van der Waals surface area contributed by atoms with Gasteiger partial charge in [0.25, 0.3) is 5.91 Å². The van der Waals surface area contributed by atoms with Crippen LogP contribution in [0.1, 0.15) is 10.4 Å². The Bertz CT molecular complexity index is 1350. The third kappa shape index (κ3) is 5.59. The van der Waals surface area contributed by atoms with Crippen molar-refractivity contribution in [2.75, 3.05) is 23.0 Å². The molecule has 2 amide bonds. The van der Waals surface area contributed by atoms with Crippen molar-refractivity contribution in [1.82, 2.24) is 14.5 Å². The van der Waals surface area contributed by atoms with Crippen molar-refractivity contribution in [1.29, 1.82) is 0 Å². The highest BCUT2D eigenvalue weighted by Gasteiger charge is 2.17. The van der Waals surface area contributed by atoms with Crippen molar-refractivity contribution in [3.8, 4) is 0 Å². The average molecular weight is 476 g/mol. The van der Waals surface area contributed by atoms with Crippen LogP contribution in [0.2, 0.25) is 0 Å². The molecule has 0 unspecified atom stereocenters. The van der Waals surface area contributed by atoms with Crippen LogP contribution in [0.15, 0.2) is 78.3 Å². The molecule has 2 aromatic carbocycles. The van der Waals surface area contributed by atoms with Gasteiger partial charge in [-0.2, -0.15) is 0 Å². The number of fused-ring (bicyclic) bond motifs is 1. The number of imidazole rings is 1. The molecule has 172 valence electrons. The molecule has 0 radical (unpaired) electrons. The Kier molecular flexibility index (Phi) is 7.19. The molecule has 4 rings (SSSR count). The molecule has 2 heterocycles. The second-order valence-corrected chi connectivity index (χ2v) is 8.15. The number of esters is 1. The van der Waals surface area contributed by atoms with Gasteiger partial charge < -0.3 is 19.9 Å². The van der Waals surface area contributed by atoms with Crippen molar-refractivity contribution < 1.29 is 19.1 Å². The van der Waals surface area contributed by atoms with Crippen LogP contribution in [0.4, 0.5) is 11.4 Å². The molecule has 0 bridgehead atoms. The van der Waals surface area contributed by atoms with Crippen molar-refractivity contribution in [3.05, 3.63) is 78.8 Å². The largest absolute Gasteiger partial charge is 0.452 e. The predicted molar refractivity (Wildman–Crippen MR) is 130 cm³/mol. The minimum absolute atomic E-state index is 0.122.